The van der Waals surface area contributed by atoms with Gasteiger partial charge in [-0.05, 0) is 12.5 Å². The van der Waals surface area contributed by atoms with Crippen LogP contribution < -0.4 is 0 Å². The lowest BCUT2D eigenvalue weighted by molar-refractivity contribution is -0.143. The third kappa shape index (κ3) is 2.86. The highest BCUT2D eigenvalue weighted by molar-refractivity contribution is 5.90. The predicted molar refractivity (Wildman–Crippen MR) is 43.5 cm³/mol. The summed E-state index contributed by atoms with van der Waals surface area (Å²) in [6.07, 6.45) is 4.76. The first-order chi connectivity index (χ1) is 5.68. The van der Waals surface area contributed by atoms with Crippen LogP contribution in [0.4, 0.5) is 0 Å². The second kappa shape index (κ2) is 4.04. The molecule has 1 rings (SSSR count). The second-order valence-electron chi connectivity index (χ2n) is 2.98. The van der Waals surface area contributed by atoms with Gasteiger partial charge in [0.15, 0.2) is 5.78 Å². The molecule has 0 heterocycles. The molecule has 3 heteroatoms. The van der Waals surface area contributed by atoms with Gasteiger partial charge in [0, 0.05) is 19.3 Å². The summed E-state index contributed by atoms with van der Waals surface area (Å²) in [5.41, 5.74) is 0. The summed E-state index contributed by atoms with van der Waals surface area (Å²) in [4.78, 5) is 21.3. The van der Waals surface area contributed by atoms with E-state index in [1.807, 2.05) is 6.08 Å². The summed E-state index contributed by atoms with van der Waals surface area (Å²) in [5, 5.41) is 0. The second-order valence-corrected chi connectivity index (χ2v) is 2.98. The average molecular weight is 168 g/mol. The topological polar surface area (TPSA) is 43.4 Å². The van der Waals surface area contributed by atoms with Gasteiger partial charge in [-0.25, -0.2) is 0 Å². The molecule has 0 aromatic carbocycles. The van der Waals surface area contributed by atoms with Gasteiger partial charge in [0.05, 0.1) is 6.61 Å². The number of carbonyl (C=O) groups excluding carboxylic acids is 2. The minimum atomic E-state index is -0.281. The molecule has 0 radical (unpaired) electrons. The number of allylic oxidation sites excluding steroid dienone is 2. The van der Waals surface area contributed by atoms with Crippen molar-refractivity contribution in [1.82, 2.24) is 0 Å². The molecule has 0 aromatic rings. The van der Waals surface area contributed by atoms with Crippen molar-refractivity contribution in [2.75, 3.05) is 6.61 Å². The molecule has 1 atom stereocenters. The summed E-state index contributed by atoms with van der Waals surface area (Å²) >= 11 is 0. The van der Waals surface area contributed by atoms with Crippen molar-refractivity contribution in [3.63, 3.8) is 0 Å². The molecular weight excluding hydrogens is 156 g/mol. The lowest BCUT2D eigenvalue weighted by Crippen LogP contribution is -2.17. The minimum absolute atomic E-state index is 0.124. The Balaban J connectivity index is 2.30. The van der Waals surface area contributed by atoms with Gasteiger partial charge in [-0.1, -0.05) is 6.08 Å². The maximum Gasteiger partial charge on any atom is 0.302 e. The Labute approximate surface area is 71.4 Å². The van der Waals surface area contributed by atoms with Gasteiger partial charge < -0.3 is 4.74 Å². The quantitative estimate of drug-likeness (QED) is 0.579. The zero-order valence-corrected chi connectivity index (χ0v) is 7.08. The first-order valence-corrected chi connectivity index (χ1v) is 4.01. The van der Waals surface area contributed by atoms with Crippen LogP contribution in [0.1, 0.15) is 19.8 Å². The number of ketones is 1. The van der Waals surface area contributed by atoms with E-state index >= 15 is 0 Å². The van der Waals surface area contributed by atoms with Crippen molar-refractivity contribution in [1.29, 1.82) is 0 Å². The third-order valence-corrected chi connectivity index (χ3v) is 1.79. The van der Waals surface area contributed by atoms with Crippen LogP contribution in [0.25, 0.3) is 0 Å². The maximum atomic E-state index is 10.9. The Bertz CT molecular complexity index is 218. The first kappa shape index (κ1) is 8.97. The van der Waals surface area contributed by atoms with Gasteiger partial charge in [0.25, 0.3) is 0 Å². The highest BCUT2D eigenvalue weighted by Crippen LogP contribution is 2.15. The van der Waals surface area contributed by atoms with Crippen LogP contribution in [-0.4, -0.2) is 18.4 Å². The van der Waals surface area contributed by atoms with Crippen molar-refractivity contribution < 1.29 is 14.3 Å². The van der Waals surface area contributed by atoms with Gasteiger partial charge in [-0.3, -0.25) is 9.59 Å². The smallest absolute Gasteiger partial charge is 0.302 e. The van der Waals surface area contributed by atoms with E-state index in [0.29, 0.717) is 13.0 Å². The van der Waals surface area contributed by atoms with E-state index < -0.39 is 0 Å². The highest BCUT2D eigenvalue weighted by atomic mass is 16.5. The number of carbonyl (C=O) groups is 2. The molecule has 0 fully saturated rings. The minimum Gasteiger partial charge on any atom is -0.466 e. The number of rotatable bonds is 2. The van der Waals surface area contributed by atoms with E-state index in [1.165, 1.54) is 6.92 Å². The molecule has 3 nitrogen and oxygen atoms in total. The lowest BCUT2D eigenvalue weighted by atomic mass is 9.94. The summed E-state index contributed by atoms with van der Waals surface area (Å²) < 4.78 is 4.80. The van der Waals surface area contributed by atoms with Crippen LogP contribution in [0, 0.1) is 5.92 Å². The Kier molecular flexibility index (Phi) is 3.02. The van der Waals surface area contributed by atoms with Crippen LogP contribution >= 0.6 is 0 Å². The molecule has 0 aliphatic heterocycles. The summed E-state index contributed by atoms with van der Waals surface area (Å²) in [7, 11) is 0. The fourth-order valence-corrected chi connectivity index (χ4v) is 1.19. The molecule has 0 amide bonds. The van der Waals surface area contributed by atoms with Crippen LogP contribution in [0.2, 0.25) is 0 Å². The highest BCUT2D eigenvalue weighted by Gasteiger charge is 2.15. The van der Waals surface area contributed by atoms with Crippen LogP contribution in [0.5, 0.6) is 0 Å². The Morgan fingerprint density at radius 3 is 3.08 bits per heavy atom. The van der Waals surface area contributed by atoms with Gasteiger partial charge >= 0.3 is 5.97 Å². The van der Waals surface area contributed by atoms with Gasteiger partial charge in [0.2, 0.25) is 0 Å². The van der Waals surface area contributed by atoms with Crippen molar-refractivity contribution >= 4 is 11.8 Å². The molecule has 66 valence electrons. The van der Waals surface area contributed by atoms with E-state index in [9.17, 15) is 9.59 Å². The number of hydrogen-bond acceptors (Lipinski definition) is 3. The lowest BCUT2D eigenvalue weighted by Gasteiger charge is -2.15. The number of ether oxygens (including phenoxy) is 1. The van der Waals surface area contributed by atoms with Crippen molar-refractivity contribution in [3.05, 3.63) is 12.2 Å². The van der Waals surface area contributed by atoms with Crippen molar-refractivity contribution in [2.45, 2.75) is 19.8 Å². The van der Waals surface area contributed by atoms with Crippen molar-refractivity contribution in [2.24, 2.45) is 5.92 Å². The molecule has 0 saturated heterocycles. The fourth-order valence-electron chi connectivity index (χ4n) is 1.19. The molecule has 0 bridgehead atoms. The Hall–Kier alpha value is -1.12. The molecule has 0 N–H and O–H groups in total. The SMILES string of the molecule is CC(=O)OCC1CC=CC(=O)C1. The molecule has 0 spiro atoms. The third-order valence-electron chi connectivity index (χ3n) is 1.79. The van der Waals surface area contributed by atoms with Gasteiger partial charge in [0.1, 0.15) is 0 Å². The summed E-state index contributed by atoms with van der Waals surface area (Å²) in [6.45, 7) is 1.74. The molecule has 12 heavy (non-hydrogen) atoms. The molecule has 1 unspecified atom stereocenters. The maximum absolute atomic E-state index is 10.9. The zero-order valence-electron chi connectivity index (χ0n) is 7.08. The van der Waals surface area contributed by atoms with Gasteiger partial charge in [-0.15, -0.1) is 0 Å². The molecule has 1 aliphatic rings. The summed E-state index contributed by atoms with van der Waals surface area (Å²) in [6, 6.07) is 0. The summed E-state index contributed by atoms with van der Waals surface area (Å²) in [5.74, 6) is 0.0294. The largest absolute Gasteiger partial charge is 0.466 e. The predicted octanol–water partition coefficient (Wildman–Crippen LogP) is 1.08. The van der Waals surface area contributed by atoms with Crippen molar-refractivity contribution in [3.8, 4) is 0 Å². The molecule has 0 aromatic heterocycles. The monoisotopic (exact) mass is 168 g/mol. The molecule has 0 saturated carbocycles. The van der Waals surface area contributed by atoms with Gasteiger partial charge in [-0.2, -0.15) is 0 Å². The molecule has 1 aliphatic carbocycles. The molecular formula is C9H12O3. The number of hydrogen-bond donors (Lipinski definition) is 0. The van der Waals surface area contributed by atoms with E-state index in [-0.39, 0.29) is 17.7 Å². The Morgan fingerprint density at radius 1 is 1.75 bits per heavy atom. The van der Waals surface area contributed by atoms with Crippen LogP contribution in [0.15, 0.2) is 12.2 Å². The van der Waals surface area contributed by atoms with E-state index in [0.717, 1.165) is 6.42 Å². The standard InChI is InChI=1S/C9H12O3/c1-7(10)12-6-8-3-2-4-9(11)5-8/h2,4,8H,3,5-6H2,1H3. The Morgan fingerprint density at radius 2 is 2.50 bits per heavy atom. The van der Waals surface area contributed by atoms with E-state index in [2.05, 4.69) is 0 Å². The normalized spacial score (nSPS) is 22.4. The number of esters is 1. The van der Waals surface area contributed by atoms with E-state index in [4.69, 9.17) is 4.74 Å². The average Bonchev–Trinajstić information content (AvgIpc) is 2.01. The van der Waals surface area contributed by atoms with E-state index in [1.54, 1.807) is 6.08 Å². The fraction of sp³-hybridized carbons (Fsp3) is 0.556. The van der Waals surface area contributed by atoms with Crippen LogP contribution in [0.3, 0.4) is 0 Å². The first-order valence-electron chi connectivity index (χ1n) is 4.01. The van der Waals surface area contributed by atoms with Crippen LogP contribution in [-0.2, 0) is 14.3 Å². The zero-order chi connectivity index (χ0) is 8.97.